The lowest BCUT2D eigenvalue weighted by molar-refractivity contribution is 1.13. The van der Waals surface area contributed by atoms with Crippen molar-refractivity contribution in [2.75, 3.05) is 4.90 Å². The van der Waals surface area contributed by atoms with Gasteiger partial charge in [-0.2, -0.15) is 0 Å². The van der Waals surface area contributed by atoms with Gasteiger partial charge in [0.05, 0.1) is 22.2 Å². The molecule has 0 amide bonds. The summed E-state index contributed by atoms with van der Waals surface area (Å²) in [7, 11) is 0. The molecule has 59 heavy (non-hydrogen) atoms. The van der Waals surface area contributed by atoms with E-state index in [2.05, 4.69) is 206 Å². The van der Waals surface area contributed by atoms with Gasteiger partial charge in [-0.15, -0.1) is 0 Å². The molecule has 0 aliphatic heterocycles. The van der Waals surface area contributed by atoms with E-state index in [4.69, 9.17) is 0 Å². The molecule has 278 valence electrons. The van der Waals surface area contributed by atoms with Crippen LogP contribution in [0.4, 0.5) is 17.1 Å². The highest BCUT2D eigenvalue weighted by molar-refractivity contribution is 6.14. The number of rotatable bonds is 8. The Balaban J connectivity index is 1.01. The molecule has 5 nitrogen and oxygen atoms in total. The number of nitrogens with zero attached hydrogens (tertiary/aromatic N) is 5. The first-order valence-corrected chi connectivity index (χ1v) is 19.9. The fourth-order valence-electron chi connectivity index (χ4n) is 8.40. The largest absolute Gasteiger partial charge is 0.317 e. The number of fused-ring (bicyclic) bond motifs is 4. The van der Waals surface area contributed by atoms with Crippen LogP contribution in [-0.2, 0) is 0 Å². The van der Waals surface area contributed by atoms with Crippen molar-refractivity contribution in [2.24, 2.45) is 0 Å². The summed E-state index contributed by atoms with van der Waals surface area (Å²) in [4.78, 5) is 11.2. The van der Waals surface area contributed by atoms with Crippen molar-refractivity contribution >= 4 is 49.8 Å². The number of aromatic nitrogens is 4. The van der Waals surface area contributed by atoms with E-state index in [9.17, 15) is 0 Å². The predicted molar refractivity (Wildman–Crippen MR) is 244 cm³/mol. The Morgan fingerprint density at radius 2 is 1.00 bits per heavy atom. The van der Waals surface area contributed by atoms with Gasteiger partial charge in [-0.25, -0.2) is 0 Å². The molecular formula is C54H37N5. The second kappa shape index (κ2) is 14.5. The zero-order valence-electron chi connectivity index (χ0n) is 32.1. The molecule has 0 radical (unpaired) electrons. The molecule has 0 bridgehead atoms. The van der Waals surface area contributed by atoms with E-state index >= 15 is 0 Å². The van der Waals surface area contributed by atoms with Crippen molar-refractivity contribution in [1.29, 1.82) is 0 Å². The van der Waals surface area contributed by atoms with Crippen LogP contribution in [0.15, 0.2) is 225 Å². The average Bonchev–Trinajstić information content (AvgIpc) is 3.88. The quantitative estimate of drug-likeness (QED) is 0.155. The number of anilines is 3. The summed E-state index contributed by atoms with van der Waals surface area (Å²) in [5, 5.41) is 3.65. The maximum Gasteiger partial charge on any atom is 0.0701 e. The molecule has 0 spiro atoms. The third-order valence-corrected chi connectivity index (χ3v) is 11.3. The zero-order valence-corrected chi connectivity index (χ0v) is 32.1. The van der Waals surface area contributed by atoms with Gasteiger partial charge in [0.1, 0.15) is 0 Å². The van der Waals surface area contributed by atoms with Gasteiger partial charge in [0.2, 0.25) is 0 Å². The number of benzene rings is 7. The van der Waals surface area contributed by atoms with Crippen LogP contribution in [0.5, 0.6) is 0 Å². The molecule has 0 atom stereocenters. The maximum atomic E-state index is 4.58. The summed E-state index contributed by atoms with van der Waals surface area (Å²) in [6.45, 7) is 0. The van der Waals surface area contributed by atoms with Crippen molar-refractivity contribution in [1.82, 2.24) is 19.1 Å². The molecule has 4 heterocycles. The molecule has 0 unspecified atom stereocenters. The SMILES string of the molecule is c1ccc(-n2ccc3cc4c(cc32)c2cc(-c3ccc(N(c5ccc(-c6cccnc6)cc5)c5ccc(-c6ccccn6)cc5)cc3)ccc2n4-c2ccccc2)cc1. The van der Waals surface area contributed by atoms with Gasteiger partial charge < -0.3 is 14.0 Å². The summed E-state index contributed by atoms with van der Waals surface area (Å²) in [6.07, 6.45) is 7.72. The predicted octanol–water partition coefficient (Wildman–Crippen LogP) is 14.0. The van der Waals surface area contributed by atoms with Gasteiger partial charge in [-0.1, -0.05) is 91.0 Å². The first-order chi connectivity index (χ1) is 29.2. The molecule has 0 aliphatic carbocycles. The molecule has 7 aromatic carbocycles. The van der Waals surface area contributed by atoms with E-state index in [-0.39, 0.29) is 0 Å². The Labute approximate surface area is 342 Å². The Morgan fingerprint density at radius 1 is 0.390 bits per heavy atom. The number of pyridine rings is 2. The summed E-state index contributed by atoms with van der Waals surface area (Å²) < 4.78 is 4.68. The molecule has 11 aromatic rings. The Kier molecular flexibility index (Phi) is 8.41. The monoisotopic (exact) mass is 755 g/mol. The van der Waals surface area contributed by atoms with Crippen molar-refractivity contribution in [3.05, 3.63) is 225 Å². The number of hydrogen-bond donors (Lipinski definition) is 0. The van der Waals surface area contributed by atoms with Crippen LogP contribution in [0.2, 0.25) is 0 Å². The van der Waals surface area contributed by atoms with Crippen molar-refractivity contribution in [2.45, 2.75) is 0 Å². The minimum atomic E-state index is 0.953. The first-order valence-electron chi connectivity index (χ1n) is 19.9. The van der Waals surface area contributed by atoms with Crippen LogP contribution >= 0.6 is 0 Å². The molecule has 0 aliphatic rings. The van der Waals surface area contributed by atoms with Gasteiger partial charge in [0.25, 0.3) is 0 Å². The van der Waals surface area contributed by atoms with Crippen molar-refractivity contribution < 1.29 is 0 Å². The van der Waals surface area contributed by atoms with E-state index in [1.807, 2.05) is 42.9 Å². The minimum Gasteiger partial charge on any atom is -0.317 e. The summed E-state index contributed by atoms with van der Waals surface area (Å²) in [6, 6.07) is 71.4. The van der Waals surface area contributed by atoms with Gasteiger partial charge in [0.15, 0.2) is 0 Å². The average molecular weight is 756 g/mol. The highest BCUT2D eigenvalue weighted by Gasteiger charge is 2.18. The normalized spacial score (nSPS) is 11.4. The van der Waals surface area contributed by atoms with Crippen LogP contribution in [0.25, 0.3) is 77.6 Å². The van der Waals surface area contributed by atoms with E-state index < -0.39 is 0 Å². The van der Waals surface area contributed by atoms with Crippen LogP contribution in [0.3, 0.4) is 0 Å². The van der Waals surface area contributed by atoms with Crippen LogP contribution < -0.4 is 4.90 Å². The first kappa shape index (κ1) is 34.2. The Bertz CT molecular complexity index is 3130. The lowest BCUT2D eigenvalue weighted by Crippen LogP contribution is -2.09. The van der Waals surface area contributed by atoms with Crippen LogP contribution in [-0.4, -0.2) is 19.1 Å². The van der Waals surface area contributed by atoms with Crippen molar-refractivity contribution in [3.63, 3.8) is 0 Å². The van der Waals surface area contributed by atoms with Gasteiger partial charge >= 0.3 is 0 Å². The molecule has 5 heteroatoms. The lowest BCUT2D eigenvalue weighted by Gasteiger charge is -2.26. The third kappa shape index (κ3) is 6.22. The van der Waals surface area contributed by atoms with Crippen LogP contribution in [0.1, 0.15) is 0 Å². The molecule has 11 rings (SSSR count). The lowest BCUT2D eigenvalue weighted by atomic mass is 10.0. The molecule has 0 fully saturated rings. The Morgan fingerprint density at radius 3 is 1.64 bits per heavy atom. The van der Waals surface area contributed by atoms with Gasteiger partial charge in [0, 0.05) is 74.9 Å². The van der Waals surface area contributed by atoms with E-state index in [1.165, 1.54) is 38.3 Å². The molecule has 0 saturated heterocycles. The summed E-state index contributed by atoms with van der Waals surface area (Å²) in [5.41, 5.74) is 15.6. The summed E-state index contributed by atoms with van der Waals surface area (Å²) >= 11 is 0. The highest BCUT2D eigenvalue weighted by Crippen LogP contribution is 2.40. The topological polar surface area (TPSA) is 38.9 Å². The zero-order chi connectivity index (χ0) is 39.1. The van der Waals surface area contributed by atoms with Gasteiger partial charge in [-0.05, 0) is 131 Å². The minimum absolute atomic E-state index is 0.953. The van der Waals surface area contributed by atoms with E-state index in [0.717, 1.165) is 56.4 Å². The highest BCUT2D eigenvalue weighted by atomic mass is 15.1. The fraction of sp³-hybridized carbons (Fsp3) is 0. The Hall–Kier alpha value is -8.02. The van der Waals surface area contributed by atoms with Crippen LogP contribution in [0, 0.1) is 0 Å². The number of hydrogen-bond acceptors (Lipinski definition) is 3. The molecule has 4 aromatic heterocycles. The summed E-state index contributed by atoms with van der Waals surface area (Å²) in [5.74, 6) is 0. The smallest absolute Gasteiger partial charge is 0.0701 e. The standard InChI is InChI=1S/C54H37N5/c1-3-11-44(12-4-1)57-33-30-42-35-54-50(36-53(42)57)49-34-41(22-29-52(49)59(54)45-13-5-2-6-14-45)38-16-23-46(24-17-38)58(47-25-18-39(19-26-47)43-10-9-31-55-37-43)48-27-20-40(21-28-48)51-15-7-8-32-56-51/h1-37H. The molecular weight excluding hydrogens is 719 g/mol. The van der Waals surface area contributed by atoms with E-state index in [1.54, 1.807) is 0 Å². The molecule has 0 N–H and O–H groups in total. The maximum absolute atomic E-state index is 4.58. The van der Waals surface area contributed by atoms with E-state index in [0.29, 0.717) is 0 Å². The molecule has 0 saturated carbocycles. The third-order valence-electron chi connectivity index (χ3n) is 11.3. The second-order valence-electron chi connectivity index (χ2n) is 14.8. The fourth-order valence-corrected chi connectivity index (χ4v) is 8.40. The van der Waals surface area contributed by atoms with Gasteiger partial charge in [-0.3, -0.25) is 9.97 Å². The second-order valence-corrected chi connectivity index (χ2v) is 14.8. The van der Waals surface area contributed by atoms with Crippen molar-refractivity contribution in [3.8, 4) is 44.9 Å². The number of para-hydroxylation sites is 2.